The molecule has 0 saturated carbocycles. The highest BCUT2D eigenvalue weighted by atomic mass is 35.5. The summed E-state index contributed by atoms with van der Waals surface area (Å²) in [6, 6.07) is 11.7. The quantitative estimate of drug-likeness (QED) is 0.740. The monoisotopic (exact) mass is 258 g/mol. The van der Waals surface area contributed by atoms with E-state index >= 15 is 0 Å². The number of aliphatic imine (C=N–C) groups is 1. The minimum absolute atomic E-state index is 0.739. The number of benzene rings is 1. The fourth-order valence-electron chi connectivity index (χ4n) is 1.71. The molecule has 2 nitrogen and oxygen atoms in total. The van der Waals surface area contributed by atoms with Crippen molar-refractivity contribution >= 4 is 23.1 Å². The number of hydrogen-bond acceptors (Lipinski definition) is 2. The Bertz CT molecular complexity index is 559. The second kappa shape index (κ2) is 5.78. The molecule has 3 heteroatoms. The van der Waals surface area contributed by atoms with E-state index in [9.17, 15) is 0 Å². The minimum Gasteiger partial charge on any atom is -0.237 e. The van der Waals surface area contributed by atoms with Gasteiger partial charge in [0.15, 0.2) is 5.82 Å². The van der Waals surface area contributed by atoms with Crippen LogP contribution in [-0.2, 0) is 0 Å². The number of rotatable bonds is 3. The molecule has 0 bridgehead atoms. The summed E-state index contributed by atoms with van der Waals surface area (Å²) in [5, 5.41) is 0.739. The standard InChI is InChI=1S/C15H15ClN2/c1-3-14(12-6-8-13(16)9-7-12)18-15-11(2)5-4-10-17-15/h4-10H,3H2,1-2H3/b18-14+. The van der Waals surface area contributed by atoms with Gasteiger partial charge >= 0.3 is 0 Å². The molecule has 1 aromatic heterocycles. The molecule has 1 aromatic carbocycles. The van der Waals surface area contributed by atoms with E-state index in [4.69, 9.17) is 11.6 Å². The maximum absolute atomic E-state index is 5.89. The molecule has 0 aliphatic carbocycles. The Labute approximate surface area is 112 Å². The average Bonchev–Trinajstić information content (AvgIpc) is 2.39. The van der Waals surface area contributed by atoms with Crippen molar-refractivity contribution in [2.75, 3.05) is 0 Å². The number of aromatic nitrogens is 1. The lowest BCUT2D eigenvalue weighted by atomic mass is 10.1. The van der Waals surface area contributed by atoms with Crippen LogP contribution in [-0.4, -0.2) is 10.7 Å². The van der Waals surface area contributed by atoms with Gasteiger partial charge in [0.2, 0.25) is 0 Å². The second-order valence-electron chi connectivity index (χ2n) is 4.06. The first kappa shape index (κ1) is 12.8. The van der Waals surface area contributed by atoms with E-state index < -0.39 is 0 Å². The first-order chi connectivity index (χ1) is 8.70. The van der Waals surface area contributed by atoms with Crippen molar-refractivity contribution in [2.24, 2.45) is 4.99 Å². The van der Waals surface area contributed by atoms with E-state index in [-0.39, 0.29) is 0 Å². The lowest BCUT2D eigenvalue weighted by Gasteiger charge is -2.05. The molecule has 0 saturated heterocycles. The van der Waals surface area contributed by atoms with Crippen LogP contribution in [0.4, 0.5) is 5.82 Å². The van der Waals surface area contributed by atoms with Crippen molar-refractivity contribution < 1.29 is 0 Å². The number of nitrogens with zero attached hydrogens (tertiary/aromatic N) is 2. The molecular weight excluding hydrogens is 244 g/mol. The molecule has 2 aromatic rings. The Morgan fingerprint density at radius 2 is 1.94 bits per heavy atom. The van der Waals surface area contributed by atoms with Gasteiger partial charge in [0.05, 0.1) is 0 Å². The predicted molar refractivity (Wildman–Crippen MR) is 76.9 cm³/mol. The van der Waals surface area contributed by atoms with Crippen LogP contribution in [0.2, 0.25) is 5.02 Å². The lowest BCUT2D eigenvalue weighted by molar-refractivity contribution is 1.19. The number of hydrogen-bond donors (Lipinski definition) is 0. The molecular formula is C15H15ClN2. The zero-order valence-electron chi connectivity index (χ0n) is 10.5. The molecule has 0 amide bonds. The molecule has 0 radical (unpaired) electrons. The van der Waals surface area contributed by atoms with Crippen LogP contribution < -0.4 is 0 Å². The molecule has 0 aliphatic rings. The molecule has 0 fully saturated rings. The third kappa shape index (κ3) is 2.96. The maximum atomic E-state index is 5.89. The van der Waals surface area contributed by atoms with Crippen LogP contribution in [0.1, 0.15) is 24.5 Å². The topological polar surface area (TPSA) is 25.2 Å². The number of halogens is 1. The SMILES string of the molecule is CC/C(=N\c1ncccc1C)c1ccc(Cl)cc1. The van der Waals surface area contributed by atoms with E-state index in [1.165, 1.54) is 0 Å². The minimum atomic E-state index is 0.739. The van der Waals surface area contributed by atoms with Crippen molar-refractivity contribution in [3.8, 4) is 0 Å². The van der Waals surface area contributed by atoms with Crippen LogP contribution in [0.3, 0.4) is 0 Å². The summed E-state index contributed by atoms with van der Waals surface area (Å²) in [6.07, 6.45) is 2.62. The highest BCUT2D eigenvalue weighted by Gasteiger charge is 2.03. The van der Waals surface area contributed by atoms with Crippen LogP contribution in [0.15, 0.2) is 47.6 Å². The van der Waals surface area contributed by atoms with Gasteiger partial charge in [-0.25, -0.2) is 9.98 Å². The van der Waals surface area contributed by atoms with Crippen molar-refractivity contribution in [3.05, 3.63) is 58.7 Å². The fourth-order valence-corrected chi connectivity index (χ4v) is 1.84. The van der Waals surface area contributed by atoms with Gasteiger partial charge in [-0.05, 0) is 42.7 Å². The van der Waals surface area contributed by atoms with Crippen molar-refractivity contribution in [1.29, 1.82) is 0 Å². The van der Waals surface area contributed by atoms with Crippen molar-refractivity contribution in [1.82, 2.24) is 4.98 Å². The van der Waals surface area contributed by atoms with Crippen molar-refractivity contribution in [3.63, 3.8) is 0 Å². The highest BCUT2D eigenvalue weighted by Crippen LogP contribution is 2.18. The largest absolute Gasteiger partial charge is 0.237 e. The first-order valence-electron chi connectivity index (χ1n) is 5.96. The first-order valence-corrected chi connectivity index (χ1v) is 6.33. The van der Waals surface area contributed by atoms with Crippen LogP contribution in [0, 0.1) is 6.92 Å². The van der Waals surface area contributed by atoms with Crippen LogP contribution in [0.5, 0.6) is 0 Å². The van der Waals surface area contributed by atoms with Gasteiger partial charge in [0, 0.05) is 16.9 Å². The van der Waals surface area contributed by atoms with Gasteiger partial charge in [-0.3, -0.25) is 0 Å². The number of pyridine rings is 1. The predicted octanol–water partition coefficient (Wildman–Crippen LogP) is 4.57. The van der Waals surface area contributed by atoms with Gasteiger partial charge in [0.25, 0.3) is 0 Å². The lowest BCUT2D eigenvalue weighted by Crippen LogP contribution is -1.98. The van der Waals surface area contributed by atoms with Crippen LogP contribution in [0.25, 0.3) is 0 Å². The summed E-state index contributed by atoms with van der Waals surface area (Å²) in [6.45, 7) is 4.10. The highest BCUT2D eigenvalue weighted by molar-refractivity contribution is 6.30. The molecule has 2 rings (SSSR count). The molecule has 0 N–H and O–H groups in total. The van der Waals surface area contributed by atoms with Gasteiger partial charge in [-0.2, -0.15) is 0 Å². The van der Waals surface area contributed by atoms with Gasteiger partial charge in [-0.1, -0.05) is 36.7 Å². The summed E-state index contributed by atoms with van der Waals surface area (Å²) >= 11 is 5.89. The van der Waals surface area contributed by atoms with Gasteiger partial charge < -0.3 is 0 Å². The molecule has 92 valence electrons. The zero-order chi connectivity index (χ0) is 13.0. The van der Waals surface area contributed by atoms with E-state index in [1.807, 2.05) is 43.3 Å². The summed E-state index contributed by atoms with van der Waals surface area (Å²) in [5.41, 5.74) is 3.19. The smallest absolute Gasteiger partial charge is 0.154 e. The third-order valence-corrected chi connectivity index (χ3v) is 2.99. The Kier molecular flexibility index (Phi) is 4.11. The molecule has 1 heterocycles. The van der Waals surface area contributed by atoms with Crippen LogP contribution >= 0.6 is 11.6 Å². The van der Waals surface area contributed by atoms with E-state index in [1.54, 1.807) is 6.20 Å². The van der Waals surface area contributed by atoms with Crippen molar-refractivity contribution in [2.45, 2.75) is 20.3 Å². The van der Waals surface area contributed by atoms with E-state index in [2.05, 4.69) is 16.9 Å². The van der Waals surface area contributed by atoms with E-state index in [0.717, 1.165) is 34.1 Å². The zero-order valence-corrected chi connectivity index (χ0v) is 11.3. The summed E-state index contributed by atoms with van der Waals surface area (Å²) < 4.78 is 0. The normalized spacial score (nSPS) is 11.6. The molecule has 0 unspecified atom stereocenters. The maximum Gasteiger partial charge on any atom is 0.154 e. The Morgan fingerprint density at radius 1 is 1.22 bits per heavy atom. The Hall–Kier alpha value is -1.67. The Balaban J connectivity index is 2.40. The summed E-state index contributed by atoms with van der Waals surface area (Å²) in [4.78, 5) is 8.93. The molecule has 0 atom stereocenters. The molecule has 0 spiro atoms. The fraction of sp³-hybridized carbons (Fsp3) is 0.200. The number of aryl methyl sites for hydroxylation is 1. The third-order valence-electron chi connectivity index (χ3n) is 2.74. The summed E-state index contributed by atoms with van der Waals surface area (Å²) in [5.74, 6) is 0.782. The summed E-state index contributed by atoms with van der Waals surface area (Å²) in [7, 11) is 0. The molecule has 18 heavy (non-hydrogen) atoms. The van der Waals surface area contributed by atoms with Gasteiger partial charge in [-0.15, -0.1) is 0 Å². The molecule has 0 aliphatic heterocycles. The average molecular weight is 259 g/mol. The van der Waals surface area contributed by atoms with Gasteiger partial charge in [0.1, 0.15) is 0 Å². The van der Waals surface area contributed by atoms with E-state index in [0.29, 0.717) is 0 Å². The second-order valence-corrected chi connectivity index (χ2v) is 4.50. The Morgan fingerprint density at radius 3 is 2.56 bits per heavy atom.